The van der Waals surface area contributed by atoms with Crippen LogP contribution < -0.4 is 15.4 Å². The number of amides is 1. The van der Waals surface area contributed by atoms with E-state index in [1.54, 1.807) is 23.1 Å². The lowest BCUT2D eigenvalue weighted by atomic mass is 10.2. The summed E-state index contributed by atoms with van der Waals surface area (Å²) in [6.45, 7) is 0.682. The summed E-state index contributed by atoms with van der Waals surface area (Å²) in [5.74, 6) is 1.18. The van der Waals surface area contributed by atoms with Crippen LogP contribution in [0.15, 0.2) is 18.2 Å². The first-order valence-corrected chi connectivity index (χ1v) is 5.64. The average molecular weight is 241 g/mol. The number of carbonyl (C=O) groups is 1. The van der Waals surface area contributed by atoms with Crippen molar-refractivity contribution in [2.45, 2.75) is 6.42 Å². The van der Waals surface area contributed by atoms with E-state index in [-0.39, 0.29) is 12.5 Å². The second-order valence-electron chi connectivity index (χ2n) is 3.60. The topological polar surface area (TPSA) is 55.6 Å². The molecule has 0 saturated heterocycles. The van der Waals surface area contributed by atoms with E-state index in [9.17, 15) is 4.79 Å². The maximum Gasteiger partial charge on any atom is 0.265 e. The van der Waals surface area contributed by atoms with Crippen molar-refractivity contribution in [2.24, 2.45) is 0 Å². The number of benzene rings is 1. The van der Waals surface area contributed by atoms with Crippen LogP contribution in [0.25, 0.3) is 0 Å². The van der Waals surface area contributed by atoms with Gasteiger partial charge in [-0.3, -0.25) is 4.79 Å². The molecule has 0 radical (unpaired) electrons. The molecule has 0 atom stereocenters. The Kier molecular flexibility index (Phi) is 3.19. The maximum atomic E-state index is 11.7. The quantitative estimate of drug-likeness (QED) is 0.645. The minimum atomic E-state index is -0.0526. The third-order valence-corrected chi connectivity index (χ3v) is 2.71. The molecule has 16 heavy (non-hydrogen) atoms. The summed E-state index contributed by atoms with van der Waals surface area (Å²) < 4.78 is 5.32. The molecular weight excluding hydrogens is 228 g/mol. The summed E-state index contributed by atoms with van der Waals surface area (Å²) in [5.41, 5.74) is 7.05. The van der Waals surface area contributed by atoms with Crippen molar-refractivity contribution in [3.8, 4) is 5.75 Å². The number of rotatable bonds is 3. The molecule has 5 heteroatoms. The van der Waals surface area contributed by atoms with Gasteiger partial charge in [0.1, 0.15) is 5.75 Å². The number of nitrogens with zero attached hydrogens (tertiary/aromatic N) is 1. The summed E-state index contributed by atoms with van der Waals surface area (Å²) in [5, 5.41) is 0. The van der Waals surface area contributed by atoms with Gasteiger partial charge in [-0.05, 0) is 24.6 Å². The molecular formula is C11H13ClN2O2. The largest absolute Gasteiger partial charge is 0.482 e. The van der Waals surface area contributed by atoms with Gasteiger partial charge in [-0.1, -0.05) is 0 Å². The van der Waals surface area contributed by atoms with E-state index in [0.717, 1.165) is 12.1 Å². The predicted molar refractivity (Wildman–Crippen MR) is 64.0 cm³/mol. The molecule has 2 N–H and O–H groups in total. The first-order chi connectivity index (χ1) is 7.72. The van der Waals surface area contributed by atoms with Gasteiger partial charge in [-0.25, -0.2) is 0 Å². The molecule has 1 aliphatic rings. The number of fused-ring (bicyclic) bond motifs is 1. The summed E-state index contributed by atoms with van der Waals surface area (Å²) in [6, 6.07) is 5.29. The van der Waals surface area contributed by atoms with Crippen molar-refractivity contribution in [1.29, 1.82) is 0 Å². The number of alkyl halides is 1. The molecule has 1 aromatic rings. The fraction of sp³-hybridized carbons (Fsp3) is 0.364. The van der Waals surface area contributed by atoms with Crippen LogP contribution in [0, 0.1) is 0 Å². The minimum Gasteiger partial charge on any atom is -0.482 e. The first-order valence-electron chi connectivity index (χ1n) is 5.11. The molecule has 86 valence electrons. The molecule has 0 unspecified atom stereocenters. The fourth-order valence-corrected chi connectivity index (χ4v) is 1.80. The Hall–Kier alpha value is -1.42. The second-order valence-corrected chi connectivity index (χ2v) is 3.98. The molecule has 1 amide bonds. The number of nitrogens with two attached hydrogens (primary N) is 1. The zero-order valence-corrected chi connectivity index (χ0v) is 9.54. The lowest BCUT2D eigenvalue weighted by molar-refractivity contribution is -0.121. The van der Waals surface area contributed by atoms with Gasteiger partial charge in [-0.2, -0.15) is 0 Å². The highest BCUT2D eigenvalue weighted by Crippen LogP contribution is 2.33. The van der Waals surface area contributed by atoms with Crippen LogP contribution >= 0.6 is 11.6 Å². The predicted octanol–water partition coefficient (Wildman–Crippen LogP) is 1.62. The summed E-state index contributed by atoms with van der Waals surface area (Å²) in [4.78, 5) is 13.4. The summed E-state index contributed by atoms with van der Waals surface area (Å²) in [6.07, 6.45) is 0.752. The van der Waals surface area contributed by atoms with Gasteiger partial charge in [0.2, 0.25) is 0 Å². The smallest absolute Gasteiger partial charge is 0.265 e. The molecule has 1 aromatic carbocycles. The highest BCUT2D eigenvalue weighted by molar-refractivity contribution is 6.17. The van der Waals surface area contributed by atoms with Gasteiger partial charge in [-0.15, -0.1) is 11.6 Å². The molecule has 0 aliphatic carbocycles. The van der Waals surface area contributed by atoms with Crippen molar-refractivity contribution >= 4 is 28.9 Å². The molecule has 2 rings (SSSR count). The molecule has 0 spiro atoms. The van der Waals surface area contributed by atoms with Gasteiger partial charge in [0.05, 0.1) is 5.69 Å². The summed E-state index contributed by atoms with van der Waals surface area (Å²) >= 11 is 5.63. The highest BCUT2D eigenvalue weighted by Gasteiger charge is 2.24. The van der Waals surface area contributed by atoms with Crippen LogP contribution in [-0.2, 0) is 4.79 Å². The Morgan fingerprint density at radius 1 is 1.50 bits per heavy atom. The lowest BCUT2D eigenvalue weighted by Gasteiger charge is -2.29. The Bertz CT molecular complexity index is 409. The monoisotopic (exact) mass is 240 g/mol. The molecule has 0 bridgehead atoms. The molecule has 1 heterocycles. The number of anilines is 2. The normalized spacial score (nSPS) is 14.6. The van der Waals surface area contributed by atoms with E-state index in [4.69, 9.17) is 22.1 Å². The van der Waals surface area contributed by atoms with Crippen LogP contribution in [0.3, 0.4) is 0 Å². The molecule has 0 saturated carbocycles. The summed E-state index contributed by atoms with van der Waals surface area (Å²) in [7, 11) is 0. The van der Waals surface area contributed by atoms with Crippen LogP contribution in [0.4, 0.5) is 11.4 Å². The number of carbonyl (C=O) groups excluding carboxylic acids is 1. The highest BCUT2D eigenvalue weighted by atomic mass is 35.5. The Morgan fingerprint density at radius 2 is 2.31 bits per heavy atom. The third kappa shape index (κ3) is 2.07. The van der Waals surface area contributed by atoms with Crippen molar-refractivity contribution in [3.05, 3.63) is 18.2 Å². The van der Waals surface area contributed by atoms with E-state index >= 15 is 0 Å². The van der Waals surface area contributed by atoms with E-state index < -0.39 is 0 Å². The van der Waals surface area contributed by atoms with Crippen molar-refractivity contribution < 1.29 is 9.53 Å². The van der Waals surface area contributed by atoms with Crippen molar-refractivity contribution in [1.82, 2.24) is 0 Å². The maximum absolute atomic E-state index is 11.7. The van der Waals surface area contributed by atoms with E-state index in [1.807, 2.05) is 0 Å². The molecule has 0 fully saturated rings. The minimum absolute atomic E-state index is 0.0526. The zero-order valence-electron chi connectivity index (χ0n) is 8.78. The number of hydrogen-bond donors (Lipinski definition) is 1. The van der Waals surface area contributed by atoms with Crippen LogP contribution in [0.5, 0.6) is 5.75 Å². The van der Waals surface area contributed by atoms with Gasteiger partial charge in [0, 0.05) is 18.1 Å². The number of nitrogen functional groups attached to an aromatic ring is 1. The Labute approximate surface area is 98.9 Å². The van der Waals surface area contributed by atoms with Crippen molar-refractivity contribution in [3.63, 3.8) is 0 Å². The van der Waals surface area contributed by atoms with Gasteiger partial charge in [0.25, 0.3) is 5.91 Å². The van der Waals surface area contributed by atoms with Gasteiger partial charge in [0.15, 0.2) is 6.61 Å². The molecule has 1 aliphatic heterocycles. The zero-order chi connectivity index (χ0) is 11.5. The van der Waals surface area contributed by atoms with Gasteiger partial charge >= 0.3 is 0 Å². The second kappa shape index (κ2) is 4.61. The molecule has 0 aromatic heterocycles. The SMILES string of the molecule is Nc1ccc2c(c1)N(CCCCl)C(=O)CO2. The van der Waals surface area contributed by atoms with Crippen LogP contribution in [0.2, 0.25) is 0 Å². The third-order valence-electron chi connectivity index (χ3n) is 2.44. The van der Waals surface area contributed by atoms with E-state index in [0.29, 0.717) is 23.9 Å². The molecule has 4 nitrogen and oxygen atoms in total. The number of halogens is 1. The van der Waals surface area contributed by atoms with Crippen molar-refractivity contribution in [2.75, 3.05) is 29.7 Å². The Balaban J connectivity index is 2.31. The van der Waals surface area contributed by atoms with E-state index in [1.165, 1.54) is 0 Å². The lowest BCUT2D eigenvalue weighted by Crippen LogP contribution is -2.39. The average Bonchev–Trinajstić information content (AvgIpc) is 2.28. The van der Waals surface area contributed by atoms with Gasteiger partial charge < -0.3 is 15.4 Å². The van der Waals surface area contributed by atoms with Crippen LogP contribution in [-0.4, -0.2) is 24.9 Å². The standard InChI is InChI=1S/C11H13ClN2O2/c12-4-1-5-14-9-6-8(13)2-3-10(9)16-7-11(14)15/h2-3,6H,1,4-5,7,13H2. The Morgan fingerprint density at radius 3 is 3.06 bits per heavy atom. The number of ether oxygens (including phenoxy) is 1. The van der Waals surface area contributed by atoms with Crippen LogP contribution in [0.1, 0.15) is 6.42 Å². The van der Waals surface area contributed by atoms with E-state index in [2.05, 4.69) is 0 Å². The number of hydrogen-bond acceptors (Lipinski definition) is 3. The fourth-order valence-electron chi connectivity index (χ4n) is 1.68. The first kappa shape index (κ1) is 11.1.